The predicted octanol–water partition coefficient (Wildman–Crippen LogP) is 4.89. The number of piperazine rings is 1. The van der Waals surface area contributed by atoms with Crippen molar-refractivity contribution in [3.8, 4) is 0 Å². The molecule has 232 valence electrons. The normalized spacial score (nSPS) is 22.9. The van der Waals surface area contributed by atoms with E-state index >= 15 is 0 Å². The van der Waals surface area contributed by atoms with Crippen LogP contribution in [0.4, 0.5) is 32.2 Å². The fourth-order valence-corrected chi connectivity index (χ4v) is 6.45. The van der Waals surface area contributed by atoms with Crippen molar-refractivity contribution < 1.29 is 26.3 Å². The molecule has 0 amide bonds. The maximum atomic E-state index is 13.4. The van der Waals surface area contributed by atoms with E-state index in [9.17, 15) is 26.3 Å². The van der Waals surface area contributed by atoms with Crippen LogP contribution in [-0.2, 0) is 12.7 Å². The molecule has 2 aliphatic rings. The zero-order valence-corrected chi connectivity index (χ0v) is 24.0. The Morgan fingerprint density at radius 1 is 1.00 bits per heavy atom. The van der Waals surface area contributed by atoms with Crippen molar-refractivity contribution in [1.82, 2.24) is 38.9 Å². The molecule has 2 unspecified atom stereocenters. The van der Waals surface area contributed by atoms with Crippen LogP contribution in [0.2, 0.25) is 0 Å². The van der Waals surface area contributed by atoms with Gasteiger partial charge in [0.1, 0.15) is 11.8 Å². The summed E-state index contributed by atoms with van der Waals surface area (Å²) in [5, 5.41) is 8.23. The molecule has 0 bridgehead atoms. The molecule has 0 spiro atoms. The number of imidazole rings is 1. The average molecular weight is 610 g/mol. The number of benzene rings is 1. The highest BCUT2D eigenvalue weighted by molar-refractivity contribution is 5.86. The van der Waals surface area contributed by atoms with Crippen LogP contribution < -0.4 is 4.90 Å². The second-order valence-electron chi connectivity index (χ2n) is 11.9. The Kier molecular flexibility index (Phi) is 7.51. The van der Waals surface area contributed by atoms with Crippen LogP contribution in [0.25, 0.3) is 16.9 Å². The van der Waals surface area contributed by atoms with Crippen molar-refractivity contribution in [3.63, 3.8) is 0 Å². The summed E-state index contributed by atoms with van der Waals surface area (Å²) in [6.07, 6.45) is -5.48. The molecule has 15 heteroatoms. The van der Waals surface area contributed by atoms with Gasteiger partial charge in [0.05, 0.1) is 17.8 Å². The zero-order valence-electron chi connectivity index (χ0n) is 24.0. The number of hydrogen-bond acceptors (Lipinski definition) is 7. The lowest BCUT2D eigenvalue weighted by atomic mass is 9.68. The summed E-state index contributed by atoms with van der Waals surface area (Å²) in [7, 11) is 3.99. The molecule has 3 aromatic heterocycles. The molecule has 0 radical (unpaired) electrons. The molecule has 2 fully saturated rings. The summed E-state index contributed by atoms with van der Waals surface area (Å²) in [5.74, 6) is -0.619. The summed E-state index contributed by atoms with van der Waals surface area (Å²) in [4.78, 5) is 15.8. The first kappa shape index (κ1) is 29.6. The van der Waals surface area contributed by atoms with E-state index < -0.39 is 29.9 Å². The topological polar surface area (TPSA) is 70.6 Å². The lowest BCUT2D eigenvalue weighted by molar-refractivity contribution is -0.210. The number of nitrogens with zero attached hydrogens (tertiary/aromatic N) is 9. The summed E-state index contributed by atoms with van der Waals surface area (Å²) >= 11 is 0. The molecule has 1 saturated heterocycles. The number of alkyl halides is 6. The number of hydrogen-bond donors (Lipinski definition) is 0. The van der Waals surface area contributed by atoms with Gasteiger partial charge in [-0.3, -0.25) is 4.90 Å². The molecule has 43 heavy (non-hydrogen) atoms. The fraction of sp³-hybridized carbons (Fsp3) is 0.571. The third-order valence-electron chi connectivity index (χ3n) is 8.76. The van der Waals surface area contributed by atoms with Crippen LogP contribution in [0, 0.1) is 11.8 Å². The number of likely N-dealkylation sites (N-methyl/N-ethyl adjacent to an activating group) is 1. The molecule has 2 atom stereocenters. The van der Waals surface area contributed by atoms with Crippen LogP contribution in [-0.4, -0.2) is 91.4 Å². The summed E-state index contributed by atoms with van der Waals surface area (Å²) in [6, 6.07) is 4.32. The smallest absolute Gasteiger partial charge is 0.349 e. The summed E-state index contributed by atoms with van der Waals surface area (Å²) in [5.41, 5.74) is 1.33. The van der Waals surface area contributed by atoms with Gasteiger partial charge < -0.3 is 14.4 Å². The first-order valence-electron chi connectivity index (χ1n) is 14.2. The molecule has 6 rings (SSSR count). The minimum absolute atomic E-state index is 0.0418. The molecule has 1 saturated carbocycles. The van der Waals surface area contributed by atoms with Gasteiger partial charge in [0.25, 0.3) is 5.78 Å². The Hall–Kier alpha value is -3.46. The number of anilines is 1. The molecule has 0 N–H and O–H groups in total. The Morgan fingerprint density at radius 2 is 1.72 bits per heavy atom. The largest absolute Gasteiger partial charge is 0.416 e. The number of fused-ring (bicyclic) bond motifs is 3. The quantitative estimate of drug-likeness (QED) is 0.276. The van der Waals surface area contributed by atoms with Gasteiger partial charge in [-0.1, -0.05) is 12.1 Å². The predicted molar refractivity (Wildman–Crippen MR) is 147 cm³/mol. The zero-order chi connectivity index (χ0) is 30.7. The molecular weight excluding hydrogens is 576 g/mol. The SMILES string of the molecule is CC1CN(C(c2ccc(C(F)(F)F)cc2)C2CC(C(F)(F)F)C2)CCN1c1nc2nncn2c2c1ncn2CCN(C)C. The third kappa shape index (κ3) is 5.64. The fourth-order valence-electron chi connectivity index (χ4n) is 6.45. The van der Waals surface area contributed by atoms with Crippen molar-refractivity contribution in [1.29, 1.82) is 0 Å². The molecule has 1 aliphatic carbocycles. The van der Waals surface area contributed by atoms with E-state index in [0.717, 1.165) is 24.3 Å². The van der Waals surface area contributed by atoms with Gasteiger partial charge in [0.2, 0.25) is 0 Å². The molecule has 9 nitrogen and oxygen atoms in total. The average Bonchev–Trinajstić information content (AvgIpc) is 3.54. The van der Waals surface area contributed by atoms with E-state index in [1.165, 1.54) is 12.1 Å². The first-order valence-corrected chi connectivity index (χ1v) is 14.2. The van der Waals surface area contributed by atoms with Crippen molar-refractivity contribution in [2.45, 2.75) is 50.7 Å². The summed E-state index contributed by atoms with van der Waals surface area (Å²) in [6.45, 7) is 4.99. The molecule has 1 aliphatic heterocycles. The minimum atomic E-state index is -4.49. The van der Waals surface area contributed by atoms with Crippen molar-refractivity contribution >= 4 is 22.8 Å². The van der Waals surface area contributed by atoms with E-state index in [0.29, 0.717) is 48.9 Å². The second kappa shape index (κ2) is 10.9. The number of aromatic nitrogens is 6. The van der Waals surface area contributed by atoms with Gasteiger partial charge in [-0.15, -0.1) is 10.2 Å². The standard InChI is InChI=1S/C28H33F6N9/c1-17-14-40(23(19-12-21(13-19)28(32,33)34)18-4-6-20(7-5-18)27(29,30)31)10-11-42(17)24-22-25(43-16-36-38-26(43)37-24)41(15-35-22)9-8-39(2)3/h4-7,15-17,19,21,23H,8-14H2,1-3H3. The van der Waals surface area contributed by atoms with E-state index in [4.69, 9.17) is 9.97 Å². The highest BCUT2D eigenvalue weighted by Gasteiger charge is 2.51. The van der Waals surface area contributed by atoms with Gasteiger partial charge >= 0.3 is 12.4 Å². The van der Waals surface area contributed by atoms with E-state index in [-0.39, 0.29) is 24.8 Å². The van der Waals surface area contributed by atoms with E-state index in [1.807, 2.05) is 25.6 Å². The van der Waals surface area contributed by atoms with Gasteiger partial charge in [-0.25, -0.2) is 9.38 Å². The monoisotopic (exact) mass is 609 g/mol. The highest BCUT2D eigenvalue weighted by Crippen LogP contribution is 2.51. The number of rotatable bonds is 7. The van der Waals surface area contributed by atoms with E-state index in [1.54, 1.807) is 17.1 Å². The van der Waals surface area contributed by atoms with Crippen LogP contribution in [0.3, 0.4) is 0 Å². The Labute approximate surface area is 244 Å². The van der Waals surface area contributed by atoms with Crippen molar-refractivity contribution in [2.75, 3.05) is 45.2 Å². The third-order valence-corrected chi connectivity index (χ3v) is 8.76. The van der Waals surface area contributed by atoms with Gasteiger partial charge in [-0.05, 0) is 57.5 Å². The molecule has 4 heterocycles. The number of halogens is 6. The Bertz CT molecular complexity index is 1570. The first-order chi connectivity index (χ1) is 20.3. The van der Waals surface area contributed by atoms with Crippen LogP contribution in [0.5, 0.6) is 0 Å². The van der Waals surface area contributed by atoms with E-state index in [2.05, 4.69) is 24.9 Å². The maximum Gasteiger partial charge on any atom is 0.416 e. The van der Waals surface area contributed by atoms with Gasteiger partial charge in [-0.2, -0.15) is 31.3 Å². The maximum absolute atomic E-state index is 13.4. The van der Waals surface area contributed by atoms with Crippen molar-refractivity contribution in [2.24, 2.45) is 11.8 Å². The second-order valence-corrected chi connectivity index (χ2v) is 11.9. The van der Waals surface area contributed by atoms with Crippen LogP contribution in [0.15, 0.2) is 36.9 Å². The molecular formula is C28H33F6N9. The molecule has 4 aromatic rings. The lowest BCUT2D eigenvalue weighted by Gasteiger charge is -2.50. The van der Waals surface area contributed by atoms with Crippen LogP contribution >= 0.6 is 0 Å². The van der Waals surface area contributed by atoms with Gasteiger partial charge in [0, 0.05) is 44.8 Å². The van der Waals surface area contributed by atoms with Crippen LogP contribution in [0.1, 0.15) is 36.9 Å². The Morgan fingerprint density at radius 3 is 2.35 bits per heavy atom. The minimum Gasteiger partial charge on any atom is -0.349 e. The Balaban J connectivity index is 1.28. The van der Waals surface area contributed by atoms with Crippen molar-refractivity contribution in [3.05, 3.63) is 48.0 Å². The lowest BCUT2D eigenvalue weighted by Crippen LogP contribution is -2.55. The van der Waals surface area contributed by atoms with Gasteiger partial charge in [0.15, 0.2) is 11.5 Å². The highest BCUT2D eigenvalue weighted by atomic mass is 19.4. The summed E-state index contributed by atoms with van der Waals surface area (Å²) < 4.78 is 83.8. The molecule has 1 aromatic carbocycles.